The first-order chi connectivity index (χ1) is 13.9. The maximum Gasteiger partial charge on any atom is 0.233 e. The van der Waals surface area contributed by atoms with Gasteiger partial charge in [-0.05, 0) is 50.2 Å². The van der Waals surface area contributed by atoms with Crippen LogP contribution in [-0.4, -0.2) is 49.0 Å². The second kappa shape index (κ2) is 9.41. The van der Waals surface area contributed by atoms with E-state index in [-0.39, 0.29) is 30.2 Å². The summed E-state index contributed by atoms with van der Waals surface area (Å²) in [5.74, 6) is -0.260. The fourth-order valence-corrected chi connectivity index (χ4v) is 3.24. The average molecular weight is 399 g/mol. The molecule has 3 rings (SSSR count). The van der Waals surface area contributed by atoms with Gasteiger partial charge in [0.25, 0.3) is 0 Å². The summed E-state index contributed by atoms with van der Waals surface area (Å²) in [6.45, 7) is 6.16. The first-order valence-corrected chi connectivity index (χ1v) is 9.76. The van der Waals surface area contributed by atoms with Crippen LogP contribution >= 0.6 is 0 Å². The number of nitrogens with one attached hydrogen (secondary N) is 1. The zero-order valence-electron chi connectivity index (χ0n) is 16.7. The Bertz CT molecular complexity index is 847. The lowest BCUT2D eigenvalue weighted by Gasteiger charge is -2.36. The summed E-state index contributed by atoms with van der Waals surface area (Å²) in [5.41, 5.74) is 1.48. The van der Waals surface area contributed by atoms with Crippen LogP contribution in [0, 0.1) is 5.82 Å². The van der Waals surface area contributed by atoms with E-state index >= 15 is 0 Å². The molecule has 6 nitrogen and oxygen atoms in total. The van der Waals surface area contributed by atoms with Gasteiger partial charge in [0, 0.05) is 31.9 Å². The lowest BCUT2D eigenvalue weighted by molar-refractivity contribution is -0.134. The molecule has 29 heavy (non-hydrogen) atoms. The van der Waals surface area contributed by atoms with Gasteiger partial charge >= 0.3 is 0 Å². The number of hydrogen-bond donors (Lipinski definition) is 1. The zero-order chi connectivity index (χ0) is 20.8. The fraction of sp³-hybridized carbons (Fsp3) is 0.364. The van der Waals surface area contributed by atoms with Crippen LogP contribution < -0.4 is 15.0 Å². The van der Waals surface area contributed by atoms with Crippen molar-refractivity contribution in [2.45, 2.75) is 26.4 Å². The van der Waals surface area contributed by atoms with E-state index in [1.54, 1.807) is 35.2 Å². The third kappa shape index (κ3) is 5.70. The first-order valence-electron chi connectivity index (χ1n) is 9.76. The summed E-state index contributed by atoms with van der Waals surface area (Å²) >= 11 is 0. The van der Waals surface area contributed by atoms with E-state index in [4.69, 9.17) is 4.74 Å². The van der Waals surface area contributed by atoms with Gasteiger partial charge in [-0.1, -0.05) is 12.1 Å². The van der Waals surface area contributed by atoms with Crippen molar-refractivity contribution in [2.24, 2.45) is 0 Å². The highest BCUT2D eigenvalue weighted by atomic mass is 19.1. The molecule has 2 aromatic carbocycles. The summed E-state index contributed by atoms with van der Waals surface area (Å²) in [7, 11) is 0. The molecule has 154 valence electrons. The van der Waals surface area contributed by atoms with Gasteiger partial charge in [-0.3, -0.25) is 9.59 Å². The molecule has 1 aliphatic heterocycles. The van der Waals surface area contributed by atoms with Crippen molar-refractivity contribution in [2.75, 3.05) is 36.4 Å². The maximum atomic E-state index is 13.1. The van der Waals surface area contributed by atoms with E-state index < -0.39 is 0 Å². The molecule has 1 fully saturated rings. The van der Waals surface area contributed by atoms with Crippen LogP contribution in [0.4, 0.5) is 15.8 Å². The standard InChI is InChI=1S/C22H26FN3O3/c1-16(2)29-20-6-4-3-5-19(20)24-21(27)15-22(28)26-13-11-25(12-14-26)18-9-7-17(23)8-10-18/h3-10,16H,11-15H2,1-2H3,(H,24,27). The topological polar surface area (TPSA) is 61.9 Å². The predicted octanol–water partition coefficient (Wildman–Crippen LogP) is 3.29. The quantitative estimate of drug-likeness (QED) is 0.758. The highest BCUT2D eigenvalue weighted by Gasteiger charge is 2.23. The highest BCUT2D eigenvalue weighted by molar-refractivity contribution is 6.04. The fourth-order valence-electron chi connectivity index (χ4n) is 3.24. The number of halogens is 1. The lowest BCUT2D eigenvalue weighted by atomic mass is 10.2. The van der Waals surface area contributed by atoms with Gasteiger partial charge in [-0.25, -0.2) is 4.39 Å². The van der Waals surface area contributed by atoms with E-state index in [2.05, 4.69) is 10.2 Å². The molecule has 1 saturated heterocycles. The Morgan fingerprint density at radius 1 is 1.03 bits per heavy atom. The summed E-state index contributed by atoms with van der Waals surface area (Å²) in [6, 6.07) is 13.5. The molecule has 0 radical (unpaired) electrons. The minimum atomic E-state index is -0.365. The smallest absolute Gasteiger partial charge is 0.233 e. The van der Waals surface area contributed by atoms with Crippen LogP contribution in [0.15, 0.2) is 48.5 Å². The molecule has 1 aliphatic rings. The molecule has 2 amide bonds. The third-order valence-electron chi connectivity index (χ3n) is 4.66. The molecule has 0 saturated carbocycles. The number of piperazine rings is 1. The van der Waals surface area contributed by atoms with Gasteiger partial charge in [-0.2, -0.15) is 0 Å². The van der Waals surface area contributed by atoms with Crippen molar-refractivity contribution in [1.82, 2.24) is 4.90 Å². The van der Waals surface area contributed by atoms with Crippen LogP contribution in [0.25, 0.3) is 0 Å². The summed E-state index contributed by atoms with van der Waals surface area (Å²) in [5, 5.41) is 2.77. The molecule has 2 aromatic rings. The van der Waals surface area contributed by atoms with Gasteiger partial charge in [0.1, 0.15) is 18.0 Å². The third-order valence-corrected chi connectivity index (χ3v) is 4.66. The largest absolute Gasteiger partial charge is 0.489 e. The Labute approximate surface area is 170 Å². The van der Waals surface area contributed by atoms with Crippen LogP contribution in [0.3, 0.4) is 0 Å². The van der Waals surface area contributed by atoms with Crippen molar-refractivity contribution < 1.29 is 18.7 Å². The SMILES string of the molecule is CC(C)Oc1ccccc1NC(=O)CC(=O)N1CCN(c2ccc(F)cc2)CC1. The Kier molecular flexibility index (Phi) is 6.69. The second-order valence-electron chi connectivity index (χ2n) is 7.23. The number of benzene rings is 2. The number of nitrogens with zero attached hydrogens (tertiary/aromatic N) is 2. The van der Waals surface area contributed by atoms with Gasteiger partial charge in [0.05, 0.1) is 11.8 Å². The van der Waals surface area contributed by atoms with Crippen molar-refractivity contribution in [1.29, 1.82) is 0 Å². The molecule has 0 bridgehead atoms. The number of para-hydroxylation sites is 2. The molecule has 7 heteroatoms. The molecule has 0 aliphatic carbocycles. The minimum Gasteiger partial charge on any atom is -0.489 e. The van der Waals surface area contributed by atoms with Crippen LogP contribution in [0.5, 0.6) is 5.75 Å². The van der Waals surface area contributed by atoms with E-state index in [1.807, 2.05) is 19.9 Å². The van der Waals surface area contributed by atoms with Crippen molar-refractivity contribution >= 4 is 23.2 Å². The lowest BCUT2D eigenvalue weighted by Crippen LogP contribution is -2.49. The summed E-state index contributed by atoms with van der Waals surface area (Å²) in [6.07, 6.45) is -0.237. The van der Waals surface area contributed by atoms with Crippen molar-refractivity contribution in [3.63, 3.8) is 0 Å². The maximum absolute atomic E-state index is 13.1. The molecule has 0 spiro atoms. The molecular formula is C22H26FN3O3. The number of rotatable bonds is 6. The average Bonchev–Trinajstić information content (AvgIpc) is 2.70. The monoisotopic (exact) mass is 399 g/mol. The molecule has 1 N–H and O–H groups in total. The minimum absolute atomic E-state index is 0.0212. The molecule has 0 atom stereocenters. The Morgan fingerprint density at radius 3 is 2.34 bits per heavy atom. The molecule has 0 unspecified atom stereocenters. The summed E-state index contributed by atoms with van der Waals surface area (Å²) < 4.78 is 18.8. The highest BCUT2D eigenvalue weighted by Crippen LogP contribution is 2.25. The van der Waals surface area contributed by atoms with E-state index in [1.165, 1.54) is 12.1 Å². The number of ether oxygens (including phenoxy) is 1. The number of carbonyl (C=O) groups is 2. The predicted molar refractivity (Wildman–Crippen MR) is 111 cm³/mol. The normalized spacial score (nSPS) is 14.1. The van der Waals surface area contributed by atoms with Crippen molar-refractivity contribution in [3.8, 4) is 5.75 Å². The van der Waals surface area contributed by atoms with E-state index in [0.717, 1.165) is 5.69 Å². The second-order valence-corrected chi connectivity index (χ2v) is 7.23. The molecular weight excluding hydrogens is 373 g/mol. The number of amides is 2. The van der Waals surface area contributed by atoms with Crippen molar-refractivity contribution in [3.05, 3.63) is 54.3 Å². The number of hydrogen-bond acceptors (Lipinski definition) is 4. The van der Waals surface area contributed by atoms with Gasteiger partial charge in [-0.15, -0.1) is 0 Å². The number of carbonyl (C=O) groups excluding carboxylic acids is 2. The molecule has 0 aromatic heterocycles. The van der Waals surface area contributed by atoms with Gasteiger partial charge in [0.2, 0.25) is 11.8 Å². The van der Waals surface area contributed by atoms with Crippen LogP contribution in [0.1, 0.15) is 20.3 Å². The van der Waals surface area contributed by atoms with E-state index in [0.29, 0.717) is 37.6 Å². The van der Waals surface area contributed by atoms with Crippen LogP contribution in [0.2, 0.25) is 0 Å². The first kappa shape index (κ1) is 20.6. The molecule has 1 heterocycles. The Hall–Kier alpha value is -3.09. The Balaban J connectivity index is 1.51. The summed E-state index contributed by atoms with van der Waals surface area (Å²) in [4.78, 5) is 28.7. The van der Waals surface area contributed by atoms with Gasteiger partial charge in [0.15, 0.2) is 0 Å². The van der Waals surface area contributed by atoms with E-state index in [9.17, 15) is 14.0 Å². The van der Waals surface area contributed by atoms with Gasteiger partial charge < -0.3 is 19.9 Å². The number of anilines is 2. The Morgan fingerprint density at radius 2 is 1.69 bits per heavy atom. The van der Waals surface area contributed by atoms with Crippen LogP contribution in [-0.2, 0) is 9.59 Å². The zero-order valence-corrected chi connectivity index (χ0v) is 16.7.